The van der Waals surface area contributed by atoms with Gasteiger partial charge in [0, 0.05) is 4.47 Å². The molecule has 112 valence electrons. The van der Waals surface area contributed by atoms with Crippen molar-refractivity contribution in [1.29, 1.82) is 0 Å². The Morgan fingerprint density at radius 1 is 1.10 bits per heavy atom. The highest BCUT2D eigenvalue weighted by Crippen LogP contribution is 2.27. The summed E-state index contributed by atoms with van der Waals surface area (Å²) in [5.74, 6) is 6.63. The van der Waals surface area contributed by atoms with Crippen LogP contribution < -0.4 is 16.0 Å². The zero-order valence-corrected chi connectivity index (χ0v) is 14.1. The van der Waals surface area contributed by atoms with E-state index in [0.29, 0.717) is 0 Å². The van der Waals surface area contributed by atoms with Crippen LogP contribution in [-0.2, 0) is 0 Å². The standard InChI is InChI=1S/C17H21BrN2O/c1-11(2)21-15-6-4-5-13(10-15)17(20-19)14-7-8-16(18)12(3)9-14/h4-11,17,20H,19H2,1-3H3. The number of hydrogen-bond acceptors (Lipinski definition) is 3. The average molecular weight is 349 g/mol. The van der Waals surface area contributed by atoms with E-state index in [0.717, 1.165) is 21.3 Å². The van der Waals surface area contributed by atoms with Gasteiger partial charge in [0.1, 0.15) is 5.75 Å². The van der Waals surface area contributed by atoms with Crippen molar-refractivity contribution < 1.29 is 4.74 Å². The van der Waals surface area contributed by atoms with Crippen molar-refractivity contribution in [1.82, 2.24) is 5.43 Å². The van der Waals surface area contributed by atoms with Crippen LogP contribution in [0.2, 0.25) is 0 Å². The number of nitrogens with two attached hydrogens (primary N) is 1. The van der Waals surface area contributed by atoms with Gasteiger partial charge in [-0.15, -0.1) is 0 Å². The lowest BCUT2D eigenvalue weighted by Crippen LogP contribution is -2.28. The molecule has 2 rings (SSSR count). The van der Waals surface area contributed by atoms with Crippen molar-refractivity contribution in [3.8, 4) is 5.75 Å². The van der Waals surface area contributed by atoms with Crippen LogP contribution in [0.25, 0.3) is 0 Å². The number of hydrogen-bond donors (Lipinski definition) is 2. The van der Waals surface area contributed by atoms with E-state index in [-0.39, 0.29) is 12.1 Å². The molecule has 0 bridgehead atoms. The quantitative estimate of drug-likeness (QED) is 0.631. The Morgan fingerprint density at radius 2 is 1.81 bits per heavy atom. The summed E-state index contributed by atoms with van der Waals surface area (Å²) in [4.78, 5) is 0. The first-order chi connectivity index (χ1) is 10.0. The first-order valence-electron chi connectivity index (χ1n) is 7.00. The largest absolute Gasteiger partial charge is 0.491 e. The van der Waals surface area contributed by atoms with E-state index in [1.165, 1.54) is 5.56 Å². The molecule has 2 aromatic carbocycles. The normalized spacial score (nSPS) is 12.5. The number of benzene rings is 2. The Morgan fingerprint density at radius 3 is 2.43 bits per heavy atom. The fourth-order valence-electron chi connectivity index (χ4n) is 2.27. The van der Waals surface area contributed by atoms with Gasteiger partial charge >= 0.3 is 0 Å². The lowest BCUT2D eigenvalue weighted by molar-refractivity contribution is 0.242. The van der Waals surface area contributed by atoms with Gasteiger partial charge in [-0.25, -0.2) is 5.43 Å². The van der Waals surface area contributed by atoms with Gasteiger partial charge in [-0.05, 0) is 55.7 Å². The molecule has 0 heterocycles. The molecule has 21 heavy (non-hydrogen) atoms. The maximum atomic E-state index is 5.77. The van der Waals surface area contributed by atoms with Crippen LogP contribution in [0.15, 0.2) is 46.9 Å². The molecule has 0 fully saturated rings. The Labute approximate surface area is 134 Å². The summed E-state index contributed by atoms with van der Waals surface area (Å²) >= 11 is 3.52. The topological polar surface area (TPSA) is 47.3 Å². The van der Waals surface area contributed by atoms with Gasteiger partial charge in [0.25, 0.3) is 0 Å². The van der Waals surface area contributed by atoms with E-state index in [2.05, 4.69) is 46.5 Å². The van der Waals surface area contributed by atoms with Gasteiger partial charge in [-0.1, -0.05) is 40.2 Å². The van der Waals surface area contributed by atoms with Crippen LogP contribution in [0.3, 0.4) is 0 Å². The van der Waals surface area contributed by atoms with E-state index in [9.17, 15) is 0 Å². The van der Waals surface area contributed by atoms with E-state index in [1.807, 2.05) is 38.1 Å². The van der Waals surface area contributed by atoms with Crippen molar-refractivity contribution in [3.05, 3.63) is 63.6 Å². The second kappa shape index (κ2) is 7.07. The SMILES string of the molecule is Cc1cc(C(NN)c2cccc(OC(C)C)c2)ccc1Br. The molecular formula is C17H21BrN2O. The molecule has 0 aliphatic carbocycles. The number of aryl methyl sites for hydroxylation is 1. The highest BCUT2D eigenvalue weighted by molar-refractivity contribution is 9.10. The van der Waals surface area contributed by atoms with Gasteiger partial charge < -0.3 is 4.74 Å². The summed E-state index contributed by atoms with van der Waals surface area (Å²) in [6, 6.07) is 14.2. The maximum Gasteiger partial charge on any atom is 0.120 e. The molecule has 1 unspecified atom stereocenters. The van der Waals surface area contributed by atoms with Crippen molar-refractivity contribution in [3.63, 3.8) is 0 Å². The van der Waals surface area contributed by atoms with Crippen LogP contribution in [0, 0.1) is 6.92 Å². The Bertz CT molecular complexity index is 613. The number of nitrogens with one attached hydrogen (secondary N) is 1. The zero-order chi connectivity index (χ0) is 15.4. The molecule has 0 aliphatic rings. The third-order valence-electron chi connectivity index (χ3n) is 3.25. The molecule has 3 nitrogen and oxygen atoms in total. The maximum absolute atomic E-state index is 5.77. The van der Waals surface area contributed by atoms with Crippen molar-refractivity contribution >= 4 is 15.9 Å². The van der Waals surface area contributed by atoms with E-state index >= 15 is 0 Å². The first kappa shape index (κ1) is 16.0. The summed E-state index contributed by atoms with van der Waals surface area (Å²) in [6.07, 6.45) is 0.152. The van der Waals surface area contributed by atoms with Gasteiger partial charge in [-0.2, -0.15) is 0 Å². The molecule has 0 saturated heterocycles. The van der Waals surface area contributed by atoms with E-state index in [4.69, 9.17) is 10.6 Å². The minimum absolute atomic E-state index is 0.0625. The van der Waals surface area contributed by atoms with Crippen molar-refractivity contribution in [2.75, 3.05) is 0 Å². The zero-order valence-electron chi connectivity index (χ0n) is 12.6. The summed E-state index contributed by atoms with van der Waals surface area (Å²) in [5.41, 5.74) is 6.28. The lowest BCUT2D eigenvalue weighted by atomic mass is 9.98. The molecule has 0 aliphatic heterocycles. The number of hydrazine groups is 1. The predicted molar refractivity (Wildman–Crippen MR) is 90.3 cm³/mol. The van der Waals surface area contributed by atoms with E-state index in [1.54, 1.807) is 0 Å². The average Bonchev–Trinajstić information content (AvgIpc) is 2.43. The van der Waals surface area contributed by atoms with Crippen molar-refractivity contribution in [2.45, 2.75) is 32.9 Å². The number of rotatable bonds is 5. The Balaban J connectivity index is 2.34. The molecule has 4 heteroatoms. The molecular weight excluding hydrogens is 328 g/mol. The van der Waals surface area contributed by atoms with Gasteiger partial charge in [0.2, 0.25) is 0 Å². The summed E-state index contributed by atoms with van der Waals surface area (Å²) in [5, 5.41) is 0. The summed E-state index contributed by atoms with van der Waals surface area (Å²) in [7, 11) is 0. The fourth-order valence-corrected chi connectivity index (χ4v) is 2.52. The summed E-state index contributed by atoms with van der Waals surface area (Å²) < 4.78 is 6.85. The minimum Gasteiger partial charge on any atom is -0.491 e. The molecule has 3 N–H and O–H groups in total. The Kier molecular flexibility index (Phi) is 5.39. The molecule has 0 radical (unpaired) electrons. The number of halogens is 1. The fraction of sp³-hybridized carbons (Fsp3) is 0.294. The second-order valence-corrected chi connectivity index (χ2v) is 6.20. The van der Waals surface area contributed by atoms with Gasteiger partial charge in [-0.3, -0.25) is 5.84 Å². The van der Waals surface area contributed by atoms with Crippen LogP contribution in [0.1, 0.15) is 36.6 Å². The smallest absolute Gasteiger partial charge is 0.120 e. The summed E-state index contributed by atoms with van der Waals surface area (Å²) in [6.45, 7) is 6.10. The van der Waals surface area contributed by atoms with Gasteiger partial charge in [0.05, 0.1) is 12.1 Å². The van der Waals surface area contributed by atoms with Crippen molar-refractivity contribution in [2.24, 2.45) is 5.84 Å². The third kappa shape index (κ3) is 4.06. The molecule has 2 aromatic rings. The monoisotopic (exact) mass is 348 g/mol. The predicted octanol–water partition coefficient (Wildman–Crippen LogP) is 4.10. The molecule has 0 amide bonds. The first-order valence-corrected chi connectivity index (χ1v) is 7.79. The molecule has 1 atom stereocenters. The second-order valence-electron chi connectivity index (χ2n) is 5.35. The minimum atomic E-state index is -0.0625. The highest BCUT2D eigenvalue weighted by atomic mass is 79.9. The molecule has 0 saturated carbocycles. The molecule has 0 aromatic heterocycles. The van der Waals surface area contributed by atoms with Crippen LogP contribution in [0.4, 0.5) is 0 Å². The Hall–Kier alpha value is -1.36. The van der Waals surface area contributed by atoms with Crippen LogP contribution in [0.5, 0.6) is 5.75 Å². The van der Waals surface area contributed by atoms with Crippen LogP contribution >= 0.6 is 15.9 Å². The van der Waals surface area contributed by atoms with Gasteiger partial charge in [0.15, 0.2) is 0 Å². The van der Waals surface area contributed by atoms with Crippen LogP contribution in [-0.4, -0.2) is 6.10 Å². The lowest BCUT2D eigenvalue weighted by Gasteiger charge is -2.19. The highest BCUT2D eigenvalue weighted by Gasteiger charge is 2.14. The molecule has 0 spiro atoms. The number of ether oxygens (including phenoxy) is 1. The third-order valence-corrected chi connectivity index (χ3v) is 4.13. The van der Waals surface area contributed by atoms with E-state index < -0.39 is 0 Å².